The number of imidazole rings is 2. The molecule has 3 aromatic rings. The predicted octanol–water partition coefficient (Wildman–Crippen LogP) is 2.66. The smallest absolute Gasteiger partial charge is 0.230 e. The number of carbonyl (C=O) groups is 1. The van der Waals surface area contributed by atoms with Crippen molar-refractivity contribution in [2.75, 3.05) is 11.9 Å². The number of nitrogens with zero attached hydrogens (tertiary/aromatic N) is 4. The Balaban J connectivity index is 1.56. The lowest BCUT2D eigenvalue weighted by atomic mass is 9.92. The molecular weight excluding hydrogens is 318 g/mol. The van der Waals surface area contributed by atoms with Gasteiger partial charge in [-0.2, -0.15) is 0 Å². The first-order valence-corrected chi connectivity index (χ1v) is 8.62. The summed E-state index contributed by atoms with van der Waals surface area (Å²) < 4.78 is 9.87. The van der Waals surface area contributed by atoms with E-state index in [1.165, 1.54) is 0 Å². The fourth-order valence-corrected chi connectivity index (χ4v) is 3.37. The average Bonchev–Trinajstić information content (AvgIpc) is 3.30. The van der Waals surface area contributed by atoms with Crippen LogP contribution in [0.25, 0.3) is 5.65 Å². The minimum atomic E-state index is -0.307. The van der Waals surface area contributed by atoms with Gasteiger partial charge in [-0.3, -0.25) is 4.79 Å². The lowest BCUT2D eigenvalue weighted by Crippen LogP contribution is -2.34. The van der Waals surface area contributed by atoms with Crippen LogP contribution in [-0.2, 0) is 16.1 Å². The third-order valence-electron chi connectivity index (χ3n) is 4.67. The van der Waals surface area contributed by atoms with Crippen LogP contribution in [0.2, 0.25) is 0 Å². The molecule has 3 aromatic heterocycles. The number of nitrogens with one attached hydrogen (secondary N) is 1. The van der Waals surface area contributed by atoms with E-state index in [0.717, 1.165) is 36.5 Å². The summed E-state index contributed by atoms with van der Waals surface area (Å²) in [7, 11) is 0. The molecule has 0 aromatic carbocycles. The van der Waals surface area contributed by atoms with Crippen molar-refractivity contribution in [1.29, 1.82) is 0 Å². The molecule has 1 fully saturated rings. The molecule has 130 valence electrons. The van der Waals surface area contributed by atoms with Crippen molar-refractivity contribution in [2.45, 2.75) is 32.4 Å². The molecule has 0 spiro atoms. The molecule has 0 aliphatic carbocycles. The van der Waals surface area contributed by atoms with Crippen LogP contribution in [0.15, 0.2) is 43.1 Å². The minimum absolute atomic E-state index is 0.0359. The van der Waals surface area contributed by atoms with Gasteiger partial charge in [-0.05, 0) is 25.8 Å². The molecule has 0 saturated carbocycles. The van der Waals surface area contributed by atoms with Gasteiger partial charge < -0.3 is 19.0 Å². The Bertz CT molecular complexity index is 884. The molecule has 0 bridgehead atoms. The molecule has 0 radical (unpaired) electrons. The van der Waals surface area contributed by atoms with Crippen LogP contribution in [-0.4, -0.2) is 31.4 Å². The van der Waals surface area contributed by atoms with Crippen molar-refractivity contribution >= 4 is 17.2 Å². The molecule has 2 atom stereocenters. The normalized spacial score (nSPS) is 20.7. The van der Waals surface area contributed by atoms with Crippen molar-refractivity contribution in [3.05, 3.63) is 48.9 Å². The van der Waals surface area contributed by atoms with Crippen LogP contribution >= 0.6 is 0 Å². The van der Waals surface area contributed by atoms with E-state index in [-0.39, 0.29) is 17.9 Å². The number of amides is 1. The average molecular weight is 339 g/mol. The lowest BCUT2D eigenvalue weighted by Gasteiger charge is -2.30. The first kappa shape index (κ1) is 15.8. The van der Waals surface area contributed by atoms with E-state index in [1.54, 1.807) is 12.4 Å². The van der Waals surface area contributed by atoms with Gasteiger partial charge in [0.25, 0.3) is 0 Å². The van der Waals surface area contributed by atoms with Gasteiger partial charge in [-0.25, -0.2) is 9.97 Å². The van der Waals surface area contributed by atoms with Gasteiger partial charge >= 0.3 is 0 Å². The number of anilines is 1. The van der Waals surface area contributed by atoms with Crippen molar-refractivity contribution in [1.82, 2.24) is 18.9 Å². The number of fused-ring (bicyclic) bond motifs is 1. The zero-order valence-electron chi connectivity index (χ0n) is 14.1. The molecule has 7 heteroatoms. The summed E-state index contributed by atoms with van der Waals surface area (Å²) in [5.41, 5.74) is 1.54. The third kappa shape index (κ3) is 3.02. The van der Waals surface area contributed by atoms with Gasteiger partial charge in [0, 0.05) is 55.9 Å². The van der Waals surface area contributed by atoms with Gasteiger partial charge in [0.05, 0.1) is 5.92 Å². The molecule has 1 N–H and O–H groups in total. The van der Waals surface area contributed by atoms with E-state index in [9.17, 15) is 4.79 Å². The highest BCUT2D eigenvalue weighted by Crippen LogP contribution is 2.33. The van der Waals surface area contributed by atoms with Crippen molar-refractivity contribution in [3.8, 4) is 0 Å². The summed E-state index contributed by atoms with van der Waals surface area (Å²) in [5, 5.41) is 3.01. The molecule has 0 unspecified atom stereocenters. The predicted molar refractivity (Wildman–Crippen MR) is 93.1 cm³/mol. The standard InChI is InChI=1S/C18H21N5O2/c1-2-22-9-7-20-17(22)16-14(4-3-11-25-16)18(24)21-13-5-8-23-10-6-19-15(23)12-13/h5-10,12,14,16H,2-4,11H2,1H3,(H,21,24)/t14-,16-/m1/s1. The molecule has 4 heterocycles. The van der Waals surface area contributed by atoms with Crippen LogP contribution in [0.5, 0.6) is 0 Å². The third-order valence-corrected chi connectivity index (χ3v) is 4.67. The van der Waals surface area contributed by atoms with E-state index in [4.69, 9.17) is 4.74 Å². The lowest BCUT2D eigenvalue weighted by molar-refractivity contribution is -0.130. The van der Waals surface area contributed by atoms with Crippen LogP contribution in [0.3, 0.4) is 0 Å². The van der Waals surface area contributed by atoms with E-state index in [0.29, 0.717) is 6.61 Å². The Morgan fingerprint density at radius 3 is 3.08 bits per heavy atom. The molecular formula is C18H21N5O2. The fourth-order valence-electron chi connectivity index (χ4n) is 3.37. The maximum atomic E-state index is 12.9. The van der Waals surface area contributed by atoms with Crippen molar-refractivity contribution < 1.29 is 9.53 Å². The largest absolute Gasteiger partial charge is 0.369 e. The van der Waals surface area contributed by atoms with Gasteiger partial charge in [-0.15, -0.1) is 0 Å². The minimum Gasteiger partial charge on any atom is -0.369 e. The molecule has 7 nitrogen and oxygen atoms in total. The summed E-state index contributed by atoms with van der Waals surface area (Å²) in [6.45, 7) is 3.52. The zero-order chi connectivity index (χ0) is 17.2. The monoisotopic (exact) mass is 339 g/mol. The Kier molecular flexibility index (Phi) is 4.23. The number of ether oxygens (including phenoxy) is 1. The van der Waals surface area contributed by atoms with Crippen molar-refractivity contribution in [3.63, 3.8) is 0 Å². The summed E-state index contributed by atoms with van der Waals surface area (Å²) in [5.74, 6) is 0.537. The Morgan fingerprint density at radius 1 is 1.32 bits per heavy atom. The maximum Gasteiger partial charge on any atom is 0.230 e. The number of hydrogen-bond acceptors (Lipinski definition) is 4. The molecule has 4 rings (SSSR count). The van der Waals surface area contributed by atoms with E-state index in [1.807, 2.05) is 39.7 Å². The topological polar surface area (TPSA) is 73.5 Å². The highest BCUT2D eigenvalue weighted by atomic mass is 16.5. The van der Waals surface area contributed by atoms with Gasteiger partial charge in [0.2, 0.25) is 5.91 Å². The van der Waals surface area contributed by atoms with E-state index in [2.05, 4.69) is 22.2 Å². The van der Waals surface area contributed by atoms with Crippen LogP contribution in [0.1, 0.15) is 31.7 Å². The fraction of sp³-hybridized carbons (Fsp3) is 0.389. The van der Waals surface area contributed by atoms with Gasteiger partial charge in [0.1, 0.15) is 17.6 Å². The highest BCUT2D eigenvalue weighted by molar-refractivity contribution is 5.93. The van der Waals surface area contributed by atoms with Crippen LogP contribution in [0.4, 0.5) is 5.69 Å². The number of aryl methyl sites for hydroxylation is 1. The van der Waals surface area contributed by atoms with Gasteiger partial charge in [0.15, 0.2) is 0 Å². The van der Waals surface area contributed by atoms with E-state index >= 15 is 0 Å². The molecule has 1 aliphatic rings. The van der Waals surface area contributed by atoms with Crippen LogP contribution in [0, 0.1) is 5.92 Å². The summed E-state index contributed by atoms with van der Waals surface area (Å²) in [4.78, 5) is 21.6. The molecule has 1 amide bonds. The first-order chi connectivity index (χ1) is 12.3. The number of pyridine rings is 1. The SMILES string of the molecule is CCn1ccnc1[C@@H]1OCCC[C@H]1C(=O)Nc1ccn2ccnc2c1. The second-order valence-corrected chi connectivity index (χ2v) is 6.21. The quantitative estimate of drug-likeness (QED) is 0.793. The summed E-state index contributed by atoms with van der Waals surface area (Å²) in [6.07, 6.45) is 10.5. The van der Waals surface area contributed by atoms with Crippen molar-refractivity contribution in [2.24, 2.45) is 5.92 Å². The summed E-state index contributed by atoms with van der Waals surface area (Å²) in [6, 6.07) is 3.74. The summed E-state index contributed by atoms with van der Waals surface area (Å²) >= 11 is 0. The Morgan fingerprint density at radius 2 is 2.20 bits per heavy atom. The van der Waals surface area contributed by atoms with Gasteiger partial charge in [-0.1, -0.05) is 0 Å². The first-order valence-electron chi connectivity index (χ1n) is 8.62. The maximum absolute atomic E-state index is 12.9. The molecule has 1 aliphatic heterocycles. The Hall–Kier alpha value is -2.67. The number of hydrogen-bond donors (Lipinski definition) is 1. The van der Waals surface area contributed by atoms with Crippen LogP contribution < -0.4 is 5.32 Å². The Labute approximate surface area is 145 Å². The second-order valence-electron chi connectivity index (χ2n) is 6.21. The molecule has 25 heavy (non-hydrogen) atoms. The number of carbonyl (C=O) groups excluding carboxylic acids is 1. The second kappa shape index (κ2) is 6.68. The molecule has 1 saturated heterocycles. The highest BCUT2D eigenvalue weighted by Gasteiger charge is 2.35. The zero-order valence-corrected chi connectivity index (χ0v) is 14.1. The number of aromatic nitrogens is 4. The number of rotatable bonds is 4. The van der Waals surface area contributed by atoms with E-state index < -0.39 is 0 Å².